The van der Waals surface area contributed by atoms with Crippen LogP contribution in [0.3, 0.4) is 0 Å². The van der Waals surface area contributed by atoms with Crippen molar-refractivity contribution in [2.24, 2.45) is 0 Å². The van der Waals surface area contributed by atoms with E-state index in [1.165, 1.54) is 5.56 Å². The summed E-state index contributed by atoms with van der Waals surface area (Å²) in [5, 5.41) is 3.50. The fourth-order valence-corrected chi connectivity index (χ4v) is 2.74. The minimum Gasteiger partial charge on any atom is -0.490 e. The van der Waals surface area contributed by atoms with Crippen molar-refractivity contribution in [1.29, 1.82) is 0 Å². The monoisotopic (exact) mass is 262 g/mol. The van der Waals surface area contributed by atoms with E-state index in [2.05, 4.69) is 35.5 Å². The highest BCUT2D eigenvalue weighted by atomic mass is 16.5. The van der Waals surface area contributed by atoms with E-state index >= 15 is 0 Å². The molecule has 4 heteroatoms. The Morgan fingerprint density at radius 1 is 1.21 bits per heavy atom. The number of nitrogens with zero attached hydrogens (tertiary/aromatic N) is 1. The van der Waals surface area contributed by atoms with E-state index in [0.717, 1.165) is 57.3 Å². The Hall–Kier alpha value is -1.26. The minimum absolute atomic E-state index is 0.518. The summed E-state index contributed by atoms with van der Waals surface area (Å²) < 4.78 is 11.5. The molecule has 2 heterocycles. The van der Waals surface area contributed by atoms with Gasteiger partial charge in [0, 0.05) is 38.5 Å². The summed E-state index contributed by atoms with van der Waals surface area (Å²) in [6.45, 7) is 5.80. The van der Waals surface area contributed by atoms with Crippen molar-refractivity contribution in [1.82, 2.24) is 10.2 Å². The predicted octanol–water partition coefficient (Wildman–Crippen LogP) is 1.47. The Kier molecular flexibility index (Phi) is 3.89. The lowest BCUT2D eigenvalue weighted by Crippen LogP contribution is -2.24. The van der Waals surface area contributed by atoms with Crippen LogP contribution in [0.5, 0.6) is 11.5 Å². The van der Waals surface area contributed by atoms with Gasteiger partial charge in [-0.2, -0.15) is 0 Å². The Morgan fingerprint density at radius 2 is 2.05 bits per heavy atom. The minimum atomic E-state index is 0.518. The number of likely N-dealkylation sites (N-methyl/N-ethyl adjacent to an activating group) is 1. The molecule has 0 aliphatic carbocycles. The Bertz CT molecular complexity index is 436. The summed E-state index contributed by atoms with van der Waals surface area (Å²) >= 11 is 0. The zero-order chi connectivity index (χ0) is 13.1. The van der Waals surface area contributed by atoms with Crippen molar-refractivity contribution in [3.63, 3.8) is 0 Å². The molecule has 1 saturated heterocycles. The number of benzene rings is 1. The van der Waals surface area contributed by atoms with Gasteiger partial charge in [-0.1, -0.05) is 6.07 Å². The van der Waals surface area contributed by atoms with E-state index in [4.69, 9.17) is 9.47 Å². The van der Waals surface area contributed by atoms with Crippen molar-refractivity contribution in [3.8, 4) is 11.5 Å². The van der Waals surface area contributed by atoms with Gasteiger partial charge >= 0.3 is 0 Å². The molecule has 1 N–H and O–H groups in total. The number of rotatable bonds is 1. The van der Waals surface area contributed by atoms with Gasteiger partial charge < -0.3 is 19.7 Å². The second-order valence-electron chi connectivity index (χ2n) is 5.42. The van der Waals surface area contributed by atoms with Crippen LogP contribution in [0.1, 0.15) is 17.9 Å². The molecule has 104 valence electrons. The van der Waals surface area contributed by atoms with Crippen LogP contribution in [-0.4, -0.2) is 51.3 Å². The molecular formula is C15H22N2O2. The van der Waals surface area contributed by atoms with Crippen LogP contribution >= 0.6 is 0 Å². The molecule has 2 aliphatic rings. The molecule has 0 bridgehead atoms. The number of hydrogen-bond acceptors (Lipinski definition) is 4. The lowest BCUT2D eigenvalue weighted by atomic mass is 9.98. The highest BCUT2D eigenvalue weighted by molar-refractivity contribution is 5.44. The van der Waals surface area contributed by atoms with Crippen molar-refractivity contribution in [2.45, 2.75) is 12.3 Å². The lowest BCUT2D eigenvalue weighted by Gasteiger charge is -2.20. The summed E-state index contributed by atoms with van der Waals surface area (Å²) in [4.78, 5) is 2.38. The Labute approximate surface area is 114 Å². The third-order valence-corrected chi connectivity index (χ3v) is 3.84. The summed E-state index contributed by atoms with van der Waals surface area (Å²) in [5.41, 5.74) is 1.34. The molecule has 0 saturated carbocycles. The van der Waals surface area contributed by atoms with E-state index in [0.29, 0.717) is 5.92 Å². The summed E-state index contributed by atoms with van der Waals surface area (Å²) in [5.74, 6) is 2.31. The molecule has 0 spiro atoms. The van der Waals surface area contributed by atoms with Gasteiger partial charge in [0.05, 0.1) is 13.2 Å². The van der Waals surface area contributed by atoms with Gasteiger partial charge in [-0.05, 0) is 24.7 Å². The highest BCUT2D eigenvalue weighted by Crippen LogP contribution is 2.33. The summed E-state index contributed by atoms with van der Waals surface area (Å²) in [7, 11) is 2.18. The van der Waals surface area contributed by atoms with Crippen molar-refractivity contribution in [2.75, 3.05) is 46.4 Å². The standard InChI is InChI=1S/C15H22N2O2/c1-17-6-5-16-10-13(11-17)12-3-4-14-15(9-12)19-8-2-7-18-14/h3-4,9,13,16H,2,5-8,10-11H2,1H3. The molecule has 0 radical (unpaired) electrons. The fourth-order valence-electron chi connectivity index (χ4n) is 2.74. The first kappa shape index (κ1) is 12.8. The average Bonchev–Trinajstić information content (AvgIpc) is 2.77. The number of nitrogens with one attached hydrogen (secondary N) is 1. The van der Waals surface area contributed by atoms with Crippen molar-refractivity contribution in [3.05, 3.63) is 23.8 Å². The van der Waals surface area contributed by atoms with Gasteiger partial charge in [0.25, 0.3) is 0 Å². The largest absolute Gasteiger partial charge is 0.490 e. The Morgan fingerprint density at radius 3 is 2.95 bits per heavy atom. The number of ether oxygens (including phenoxy) is 2. The van der Waals surface area contributed by atoms with Gasteiger partial charge in [-0.15, -0.1) is 0 Å². The third kappa shape index (κ3) is 3.01. The van der Waals surface area contributed by atoms with Gasteiger partial charge in [0.2, 0.25) is 0 Å². The summed E-state index contributed by atoms with van der Waals surface area (Å²) in [6.07, 6.45) is 0.956. The number of fused-ring (bicyclic) bond motifs is 1. The molecule has 1 fully saturated rings. The van der Waals surface area contributed by atoms with Gasteiger partial charge in [-0.3, -0.25) is 0 Å². The van der Waals surface area contributed by atoms with E-state index in [9.17, 15) is 0 Å². The number of hydrogen-bond donors (Lipinski definition) is 1. The molecule has 1 unspecified atom stereocenters. The van der Waals surface area contributed by atoms with Crippen LogP contribution in [-0.2, 0) is 0 Å². The van der Waals surface area contributed by atoms with Crippen LogP contribution in [0, 0.1) is 0 Å². The molecule has 4 nitrogen and oxygen atoms in total. The SMILES string of the molecule is CN1CCNCC(c2ccc3c(c2)OCCCO3)C1. The normalized spacial score (nSPS) is 24.6. The smallest absolute Gasteiger partial charge is 0.161 e. The first-order valence-electron chi connectivity index (χ1n) is 7.12. The van der Waals surface area contributed by atoms with Gasteiger partial charge in [-0.25, -0.2) is 0 Å². The van der Waals surface area contributed by atoms with Crippen molar-refractivity contribution < 1.29 is 9.47 Å². The van der Waals surface area contributed by atoms with Crippen LogP contribution in [0.15, 0.2) is 18.2 Å². The fraction of sp³-hybridized carbons (Fsp3) is 0.600. The first-order valence-corrected chi connectivity index (χ1v) is 7.12. The molecule has 19 heavy (non-hydrogen) atoms. The second kappa shape index (κ2) is 5.80. The molecule has 1 aromatic carbocycles. The third-order valence-electron chi connectivity index (χ3n) is 3.84. The zero-order valence-electron chi connectivity index (χ0n) is 11.5. The van der Waals surface area contributed by atoms with Crippen LogP contribution in [0.2, 0.25) is 0 Å². The van der Waals surface area contributed by atoms with E-state index in [-0.39, 0.29) is 0 Å². The zero-order valence-corrected chi connectivity index (χ0v) is 11.5. The van der Waals surface area contributed by atoms with Crippen molar-refractivity contribution >= 4 is 0 Å². The highest BCUT2D eigenvalue weighted by Gasteiger charge is 2.19. The molecule has 3 rings (SSSR count). The van der Waals surface area contributed by atoms with Crippen LogP contribution < -0.4 is 14.8 Å². The second-order valence-corrected chi connectivity index (χ2v) is 5.42. The average molecular weight is 262 g/mol. The molecule has 0 aromatic heterocycles. The molecular weight excluding hydrogens is 240 g/mol. The van der Waals surface area contributed by atoms with Gasteiger partial charge in [0.15, 0.2) is 11.5 Å². The Balaban J connectivity index is 1.82. The topological polar surface area (TPSA) is 33.7 Å². The maximum absolute atomic E-state index is 5.78. The molecule has 1 atom stereocenters. The van der Waals surface area contributed by atoms with E-state index in [1.54, 1.807) is 0 Å². The molecule has 0 amide bonds. The van der Waals surface area contributed by atoms with E-state index in [1.807, 2.05) is 0 Å². The van der Waals surface area contributed by atoms with Gasteiger partial charge in [0.1, 0.15) is 0 Å². The lowest BCUT2D eigenvalue weighted by molar-refractivity contribution is 0.296. The predicted molar refractivity (Wildman–Crippen MR) is 75.2 cm³/mol. The van der Waals surface area contributed by atoms with Crippen LogP contribution in [0.4, 0.5) is 0 Å². The molecule has 1 aromatic rings. The van der Waals surface area contributed by atoms with Crippen LogP contribution in [0.25, 0.3) is 0 Å². The summed E-state index contributed by atoms with van der Waals surface area (Å²) in [6, 6.07) is 6.39. The first-order chi connectivity index (χ1) is 9.33. The quantitative estimate of drug-likeness (QED) is 0.831. The van der Waals surface area contributed by atoms with E-state index < -0.39 is 0 Å². The maximum atomic E-state index is 5.78. The maximum Gasteiger partial charge on any atom is 0.161 e. The molecule has 2 aliphatic heterocycles.